The lowest BCUT2D eigenvalue weighted by molar-refractivity contribution is -0.138. The summed E-state index contributed by atoms with van der Waals surface area (Å²) in [6.45, 7) is 5.44. The summed E-state index contributed by atoms with van der Waals surface area (Å²) in [5, 5.41) is 2.51. The molecule has 152 valence electrons. The van der Waals surface area contributed by atoms with Gasteiger partial charge in [0.2, 0.25) is 0 Å². The van der Waals surface area contributed by atoms with E-state index in [-0.39, 0.29) is 12.2 Å². The molecule has 1 aliphatic rings. The summed E-state index contributed by atoms with van der Waals surface area (Å²) < 4.78 is 7.39. The molecule has 0 aliphatic carbocycles. The van der Waals surface area contributed by atoms with Crippen LogP contribution < -0.4 is 14.9 Å². The van der Waals surface area contributed by atoms with E-state index in [1.807, 2.05) is 29.6 Å². The maximum atomic E-state index is 13.4. The summed E-state index contributed by atoms with van der Waals surface area (Å²) in [4.78, 5) is 32.1. The van der Waals surface area contributed by atoms with Gasteiger partial charge in [0.15, 0.2) is 4.80 Å². The van der Waals surface area contributed by atoms with E-state index < -0.39 is 12.0 Å². The zero-order chi connectivity index (χ0) is 21.3. The molecule has 4 rings (SSSR count). The number of benzene rings is 1. The first-order chi connectivity index (χ1) is 14.5. The van der Waals surface area contributed by atoms with Crippen molar-refractivity contribution in [2.24, 2.45) is 4.99 Å². The molecule has 1 atom stereocenters. The van der Waals surface area contributed by atoms with Crippen LogP contribution in [0, 0.1) is 0 Å². The lowest BCUT2D eigenvalue weighted by atomic mass is 10.0. The SMILES string of the molecule is C=CCOC(=O)C1=C(C)N=c2sc(=Cc3cccc(Cl)c3)c(=O)n2C1c1cccs1. The third kappa shape index (κ3) is 3.84. The minimum Gasteiger partial charge on any atom is -0.458 e. The number of allylic oxidation sites excluding steroid dienone is 1. The van der Waals surface area contributed by atoms with Crippen LogP contribution in [0.2, 0.25) is 5.02 Å². The second kappa shape index (κ2) is 8.55. The molecule has 0 bridgehead atoms. The van der Waals surface area contributed by atoms with E-state index in [0.717, 1.165) is 10.4 Å². The Morgan fingerprint density at radius 1 is 1.37 bits per heavy atom. The Morgan fingerprint density at radius 3 is 2.90 bits per heavy atom. The molecule has 1 aliphatic heterocycles. The van der Waals surface area contributed by atoms with E-state index in [1.165, 1.54) is 28.7 Å². The Hall–Kier alpha value is -2.74. The maximum Gasteiger partial charge on any atom is 0.338 e. The van der Waals surface area contributed by atoms with Gasteiger partial charge >= 0.3 is 5.97 Å². The molecule has 0 spiro atoms. The van der Waals surface area contributed by atoms with Crippen LogP contribution in [0.1, 0.15) is 23.4 Å². The minimum absolute atomic E-state index is 0.0892. The van der Waals surface area contributed by atoms with Crippen molar-refractivity contribution < 1.29 is 9.53 Å². The normalized spacial score (nSPS) is 16.2. The van der Waals surface area contributed by atoms with Crippen molar-refractivity contribution in [1.82, 2.24) is 4.57 Å². The van der Waals surface area contributed by atoms with E-state index in [0.29, 0.717) is 25.6 Å². The van der Waals surface area contributed by atoms with Gasteiger partial charge in [-0.15, -0.1) is 11.3 Å². The van der Waals surface area contributed by atoms with Crippen LogP contribution in [0.25, 0.3) is 6.08 Å². The fraction of sp³-hybridized carbons (Fsp3) is 0.136. The average Bonchev–Trinajstić information content (AvgIpc) is 3.34. The molecular weight excluding hydrogens is 440 g/mol. The second-order valence-electron chi connectivity index (χ2n) is 6.54. The largest absolute Gasteiger partial charge is 0.458 e. The molecule has 1 aromatic carbocycles. The number of halogens is 1. The summed E-state index contributed by atoms with van der Waals surface area (Å²) in [7, 11) is 0. The van der Waals surface area contributed by atoms with Crippen LogP contribution in [0.3, 0.4) is 0 Å². The summed E-state index contributed by atoms with van der Waals surface area (Å²) >= 11 is 8.84. The first-order valence-electron chi connectivity index (χ1n) is 9.09. The second-order valence-corrected chi connectivity index (χ2v) is 8.96. The quantitative estimate of drug-likeness (QED) is 0.434. The van der Waals surface area contributed by atoms with Gasteiger partial charge in [-0.2, -0.15) is 0 Å². The molecule has 3 heterocycles. The zero-order valence-corrected chi connectivity index (χ0v) is 18.4. The molecule has 0 fully saturated rings. The Balaban J connectivity index is 1.91. The molecule has 0 saturated carbocycles. The first-order valence-corrected chi connectivity index (χ1v) is 11.2. The molecule has 3 aromatic rings. The highest BCUT2D eigenvalue weighted by molar-refractivity contribution is 7.10. The third-order valence-corrected chi connectivity index (χ3v) is 6.68. The molecule has 1 unspecified atom stereocenters. The van der Waals surface area contributed by atoms with Crippen LogP contribution in [0.4, 0.5) is 0 Å². The van der Waals surface area contributed by atoms with E-state index in [2.05, 4.69) is 11.6 Å². The Morgan fingerprint density at radius 2 is 2.20 bits per heavy atom. The van der Waals surface area contributed by atoms with E-state index >= 15 is 0 Å². The number of rotatable bonds is 5. The molecule has 2 aromatic heterocycles. The van der Waals surface area contributed by atoms with Gasteiger partial charge in [-0.3, -0.25) is 9.36 Å². The number of fused-ring (bicyclic) bond motifs is 1. The van der Waals surface area contributed by atoms with Gasteiger partial charge in [0, 0.05) is 9.90 Å². The van der Waals surface area contributed by atoms with Crippen LogP contribution in [-0.2, 0) is 9.53 Å². The summed E-state index contributed by atoms with van der Waals surface area (Å²) in [5.74, 6) is -0.501. The number of carbonyl (C=O) groups is 1. The monoisotopic (exact) mass is 456 g/mol. The van der Waals surface area contributed by atoms with Gasteiger partial charge in [0.25, 0.3) is 5.56 Å². The van der Waals surface area contributed by atoms with Crippen molar-refractivity contribution in [2.45, 2.75) is 13.0 Å². The summed E-state index contributed by atoms with van der Waals surface area (Å²) in [6.07, 6.45) is 3.30. The van der Waals surface area contributed by atoms with Gasteiger partial charge in [-0.05, 0) is 42.1 Å². The smallest absolute Gasteiger partial charge is 0.338 e. The van der Waals surface area contributed by atoms with Crippen LogP contribution >= 0.6 is 34.3 Å². The Bertz CT molecular complexity index is 1330. The molecule has 5 nitrogen and oxygen atoms in total. The summed E-state index contributed by atoms with van der Waals surface area (Å²) in [5.41, 5.74) is 1.51. The first kappa shape index (κ1) is 20.5. The predicted molar refractivity (Wildman–Crippen MR) is 121 cm³/mol. The maximum absolute atomic E-state index is 13.4. The lowest BCUT2D eigenvalue weighted by Gasteiger charge is -2.23. The molecule has 0 amide bonds. The number of thiophene rings is 1. The van der Waals surface area contributed by atoms with Crippen LogP contribution in [0.15, 0.2) is 75.5 Å². The lowest BCUT2D eigenvalue weighted by Crippen LogP contribution is -2.39. The molecule has 0 N–H and O–H groups in total. The average molecular weight is 457 g/mol. The summed E-state index contributed by atoms with van der Waals surface area (Å²) in [6, 6.07) is 10.5. The van der Waals surface area contributed by atoms with Gasteiger partial charge in [-0.25, -0.2) is 9.79 Å². The van der Waals surface area contributed by atoms with Gasteiger partial charge in [-0.1, -0.05) is 53.8 Å². The Labute approximate surface area is 185 Å². The minimum atomic E-state index is -0.583. The van der Waals surface area contributed by atoms with Crippen molar-refractivity contribution in [1.29, 1.82) is 0 Å². The number of nitrogens with zero attached hydrogens (tertiary/aromatic N) is 2. The molecule has 8 heteroatoms. The van der Waals surface area contributed by atoms with Crippen molar-refractivity contribution in [3.05, 3.63) is 101 Å². The number of carbonyl (C=O) groups excluding carboxylic acids is 1. The number of hydrogen-bond acceptors (Lipinski definition) is 6. The van der Waals surface area contributed by atoms with Crippen molar-refractivity contribution in [3.63, 3.8) is 0 Å². The number of esters is 1. The third-order valence-electron chi connectivity index (χ3n) is 4.53. The fourth-order valence-electron chi connectivity index (χ4n) is 3.26. The number of ether oxygens (including phenoxy) is 1. The number of hydrogen-bond donors (Lipinski definition) is 0. The van der Waals surface area contributed by atoms with Crippen molar-refractivity contribution in [3.8, 4) is 0 Å². The number of aromatic nitrogens is 1. The van der Waals surface area contributed by atoms with Crippen LogP contribution in [0.5, 0.6) is 0 Å². The van der Waals surface area contributed by atoms with E-state index in [9.17, 15) is 9.59 Å². The molecule has 0 saturated heterocycles. The molecule has 0 radical (unpaired) electrons. The molecule has 30 heavy (non-hydrogen) atoms. The standard InChI is InChI=1S/C22H17ClN2O3S2/c1-3-9-28-21(27)18-13(2)24-22-25(19(18)16-8-5-10-29-16)20(26)17(30-22)12-14-6-4-7-15(23)11-14/h3-8,10-12,19H,1,9H2,2H3. The van der Waals surface area contributed by atoms with Crippen LogP contribution in [-0.4, -0.2) is 17.1 Å². The van der Waals surface area contributed by atoms with Crippen molar-refractivity contribution >= 4 is 46.3 Å². The van der Waals surface area contributed by atoms with Crippen molar-refractivity contribution in [2.75, 3.05) is 6.61 Å². The predicted octanol–water partition coefficient (Wildman–Crippen LogP) is 3.68. The van der Waals surface area contributed by atoms with Gasteiger partial charge < -0.3 is 4.74 Å². The molecular formula is C22H17ClN2O3S2. The van der Waals surface area contributed by atoms with E-state index in [4.69, 9.17) is 16.3 Å². The van der Waals surface area contributed by atoms with Gasteiger partial charge in [0.1, 0.15) is 12.6 Å². The van der Waals surface area contributed by atoms with Gasteiger partial charge in [0.05, 0.1) is 15.8 Å². The number of thiazole rings is 1. The highest BCUT2D eigenvalue weighted by atomic mass is 35.5. The highest BCUT2D eigenvalue weighted by Gasteiger charge is 2.33. The zero-order valence-electron chi connectivity index (χ0n) is 16.0. The fourth-order valence-corrected chi connectivity index (χ4v) is 5.33. The Kier molecular flexibility index (Phi) is 5.85. The van der Waals surface area contributed by atoms with E-state index in [1.54, 1.807) is 29.7 Å². The highest BCUT2D eigenvalue weighted by Crippen LogP contribution is 2.33. The topological polar surface area (TPSA) is 60.7 Å².